The van der Waals surface area contributed by atoms with E-state index in [1.807, 2.05) is 41.9 Å². The standard InChI is InChI=1S/C20H20N4O2S/c1-14(25)15-8-10-17(11-9-15)21-18(26)12-13-27-20-23-22-19(24(20)2)16-6-4-3-5-7-16/h3-11H,12-13H2,1-2H3,(H,21,26). The smallest absolute Gasteiger partial charge is 0.225 e. The molecule has 1 amide bonds. The third kappa shape index (κ3) is 4.83. The zero-order valence-electron chi connectivity index (χ0n) is 15.2. The van der Waals surface area contributed by atoms with E-state index in [0.717, 1.165) is 16.5 Å². The highest BCUT2D eigenvalue weighted by Crippen LogP contribution is 2.23. The highest BCUT2D eigenvalue weighted by Gasteiger charge is 2.11. The molecule has 0 aliphatic carbocycles. The summed E-state index contributed by atoms with van der Waals surface area (Å²) < 4.78 is 1.93. The fraction of sp³-hybridized carbons (Fsp3) is 0.200. The van der Waals surface area contributed by atoms with Gasteiger partial charge in [0.1, 0.15) is 0 Å². The van der Waals surface area contributed by atoms with Crippen LogP contribution in [0.2, 0.25) is 0 Å². The normalized spacial score (nSPS) is 10.6. The molecule has 0 spiro atoms. The molecule has 27 heavy (non-hydrogen) atoms. The van der Waals surface area contributed by atoms with Crippen LogP contribution in [0.5, 0.6) is 0 Å². The number of rotatable bonds is 7. The molecule has 0 saturated carbocycles. The number of benzene rings is 2. The molecule has 0 aliphatic rings. The van der Waals surface area contributed by atoms with Crippen molar-refractivity contribution in [2.75, 3.05) is 11.1 Å². The summed E-state index contributed by atoms with van der Waals surface area (Å²) in [5, 5.41) is 12.1. The topological polar surface area (TPSA) is 76.9 Å². The van der Waals surface area contributed by atoms with Crippen LogP contribution in [0.4, 0.5) is 5.69 Å². The van der Waals surface area contributed by atoms with Gasteiger partial charge in [0.2, 0.25) is 5.91 Å². The molecule has 7 heteroatoms. The van der Waals surface area contributed by atoms with Crippen molar-refractivity contribution >= 4 is 29.1 Å². The molecule has 3 rings (SSSR count). The maximum absolute atomic E-state index is 12.1. The first-order chi connectivity index (χ1) is 13.0. The monoisotopic (exact) mass is 380 g/mol. The summed E-state index contributed by atoms with van der Waals surface area (Å²) in [6.07, 6.45) is 0.354. The number of hydrogen-bond acceptors (Lipinski definition) is 5. The minimum absolute atomic E-state index is 0.00262. The van der Waals surface area contributed by atoms with Crippen LogP contribution >= 0.6 is 11.8 Å². The van der Waals surface area contributed by atoms with Gasteiger partial charge in [-0.3, -0.25) is 9.59 Å². The predicted molar refractivity (Wildman–Crippen MR) is 107 cm³/mol. The average Bonchev–Trinajstić information content (AvgIpc) is 3.03. The molecular weight excluding hydrogens is 360 g/mol. The summed E-state index contributed by atoms with van der Waals surface area (Å²) in [6, 6.07) is 16.7. The number of thioether (sulfide) groups is 1. The van der Waals surface area contributed by atoms with Crippen LogP contribution in [0.25, 0.3) is 11.4 Å². The van der Waals surface area contributed by atoms with Gasteiger partial charge in [0, 0.05) is 36.0 Å². The van der Waals surface area contributed by atoms with E-state index in [1.54, 1.807) is 24.3 Å². The fourth-order valence-electron chi connectivity index (χ4n) is 2.53. The minimum atomic E-state index is -0.0801. The third-order valence-corrected chi connectivity index (χ3v) is 5.02. The number of ketones is 1. The number of amides is 1. The number of Topliss-reactive ketones (excluding diaryl/α,β-unsaturated/α-hetero) is 1. The SMILES string of the molecule is CC(=O)c1ccc(NC(=O)CCSc2nnc(-c3ccccc3)n2C)cc1. The molecule has 3 aromatic rings. The summed E-state index contributed by atoms with van der Waals surface area (Å²) >= 11 is 1.49. The summed E-state index contributed by atoms with van der Waals surface area (Å²) in [7, 11) is 1.92. The molecule has 0 bridgehead atoms. The van der Waals surface area contributed by atoms with Crippen molar-refractivity contribution in [3.05, 3.63) is 60.2 Å². The Hall–Kier alpha value is -2.93. The fourth-order valence-corrected chi connectivity index (χ4v) is 3.37. The lowest BCUT2D eigenvalue weighted by molar-refractivity contribution is -0.115. The molecule has 6 nitrogen and oxygen atoms in total. The van der Waals surface area contributed by atoms with E-state index in [4.69, 9.17) is 0 Å². The molecule has 0 aliphatic heterocycles. The first-order valence-electron chi connectivity index (χ1n) is 8.53. The second-order valence-corrected chi connectivity index (χ2v) is 7.07. The van der Waals surface area contributed by atoms with Crippen LogP contribution in [-0.2, 0) is 11.8 Å². The molecule has 1 heterocycles. The van der Waals surface area contributed by atoms with Gasteiger partial charge in [-0.2, -0.15) is 0 Å². The Bertz CT molecular complexity index is 936. The van der Waals surface area contributed by atoms with Gasteiger partial charge in [0.25, 0.3) is 0 Å². The van der Waals surface area contributed by atoms with Crippen LogP contribution in [0.3, 0.4) is 0 Å². The summed E-state index contributed by atoms with van der Waals surface area (Å²) in [5.74, 6) is 1.32. The van der Waals surface area contributed by atoms with Crippen molar-refractivity contribution < 1.29 is 9.59 Å². The van der Waals surface area contributed by atoms with Crippen LogP contribution in [0.15, 0.2) is 59.8 Å². The Balaban J connectivity index is 1.52. The lowest BCUT2D eigenvalue weighted by Gasteiger charge is -2.06. The number of nitrogens with zero attached hydrogens (tertiary/aromatic N) is 3. The molecule has 0 saturated heterocycles. The number of nitrogens with one attached hydrogen (secondary N) is 1. The average molecular weight is 380 g/mol. The van der Waals surface area contributed by atoms with Crippen LogP contribution in [0, 0.1) is 0 Å². The van der Waals surface area contributed by atoms with Gasteiger partial charge in [-0.05, 0) is 31.2 Å². The highest BCUT2D eigenvalue weighted by atomic mass is 32.2. The second-order valence-electron chi connectivity index (χ2n) is 6.01. The number of anilines is 1. The van der Waals surface area contributed by atoms with E-state index in [-0.39, 0.29) is 11.7 Å². The van der Waals surface area contributed by atoms with Crippen molar-refractivity contribution in [1.82, 2.24) is 14.8 Å². The summed E-state index contributed by atoms with van der Waals surface area (Å²) in [6.45, 7) is 1.51. The van der Waals surface area contributed by atoms with E-state index < -0.39 is 0 Å². The maximum Gasteiger partial charge on any atom is 0.225 e. The second kappa shape index (κ2) is 8.64. The van der Waals surface area contributed by atoms with Crippen molar-refractivity contribution in [1.29, 1.82) is 0 Å². The van der Waals surface area contributed by atoms with Crippen molar-refractivity contribution in [2.45, 2.75) is 18.5 Å². The highest BCUT2D eigenvalue weighted by molar-refractivity contribution is 7.99. The summed E-state index contributed by atoms with van der Waals surface area (Å²) in [4.78, 5) is 23.4. The van der Waals surface area contributed by atoms with Crippen molar-refractivity contribution in [3.8, 4) is 11.4 Å². The van der Waals surface area contributed by atoms with Gasteiger partial charge < -0.3 is 9.88 Å². The quantitative estimate of drug-likeness (QED) is 0.498. The Labute approximate surface area is 162 Å². The molecule has 2 aromatic carbocycles. The van der Waals surface area contributed by atoms with Crippen LogP contribution < -0.4 is 5.32 Å². The van der Waals surface area contributed by atoms with Gasteiger partial charge in [0.15, 0.2) is 16.8 Å². The molecule has 0 fully saturated rings. The Kier molecular flexibility index (Phi) is 6.03. The molecule has 138 valence electrons. The van der Waals surface area contributed by atoms with Gasteiger partial charge in [-0.25, -0.2) is 0 Å². The van der Waals surface area contributed by atoms with Gasteiger partial charge in [-0.1, -0.05) is 42.1 Å². The van der Waals surface area contributed by atoms with Gasteiger partial charge >= 0.3 is 0 Å². The van der Waals surface area contributed by atoms with Gasteiger partial charge in [-0.15, -0.1) is 10.2 Å². The Morgan fingerprint density at radius 2 is 1.74 bits per heavy atom. The third-order valence-electron chi connectivity index (χ3n) is 4.00. The lowest BCUT2D eigenvalue weighted by Crippen LogP contribution is -2.12. The Morgan fingerprint density at radius 1 is 1.04 bits per heavy atom. The molecule has 1 aromatic heterocycles. The van der Waals surface area contributed by atoms with Crippen LogP contribution in [-0.4, -0.2) is 32.2 Å². The minimum Gasteiger partial charge on any atom is -0.326 e. The first-order valence-corrected chi connectivity index (χ1v) is 9.51. The number of carbonyl (C=O) groups excluding carboxylic acids is 2. The van der Waals surface area contributed by atoms with E-state index in [1.165, 1.54) is 18.7 Å². The van der Waals surface area contributed by atoms with Crippen LogP contribution in [0.1, 0.15) is 23.7 Å². The zero-order valence-corrected chi connectivity index (χ0v) is 16.0. The molecular formula is C20H20N4O2S. The van der Waals surface area contributed by atoms with E-state index >= 15 is 0 Å². The molecule has 0 unspecified atom stereocenters. The molecule has 0 radical (unpaired) electrons. The zero-order chi connectivity index (χ0) is 19.2. The van der Waals surface area contributed by atoms with Gasteiger partial charge in [0.05, 0.1) is 0 Å². The summed E-state index contributed by atoms with van der Waals surface area (Å²) in [5.41, 5.74) is 2.31. The van der Waals surface area contributed by atoms with E-state index in [9.17, 15) is 9.59 Å². The van der Waals surface area contributed by atoms with Crippen molar-refractivity contribution in [3.63, 3.8) is 0 Å². The Morgan fingerprint density at radius 3 is 2.41 bits per heavy atom. The number of carbonyl (C=O) groups is 2. The number of hydrogen-bond donors (Lipinski definition) is 1. The predicted octanol–water partition coefficient (Wildman–Crippen LogP) is 3.81. The number of aromatic nitrogens is 3. The van der Waals surface area contributed by atoms with E-state index in [0.29, 0.717) is 23.4 Å². The van der Waals surface area contributed by atoms with E-state index in [2.05, 4.69) is 15.5 Å². The van der Waals surface area contributed by atoms with Crippen molar-refractivity contribution in [2.24, 2.45) is 7.05 Å². The maximum atomic E-state index is 12.1. The lowest BCUT2D eigenvalue weighted by atomic mass is 10.1. The molecule has 1 N–H and O–H groups in total. The largest absolute Gasteiger partial charge is 0.326 e. The molecule has 0 atom stereocenters. The first kappa shape index (κ1) is 18.8.